The SMILES string of the molecule is CC(NC(=O)c1ccccc1Br)C(=O)NN=Cc1cccc(Br)c1. The highest BCUT2D eigenvalue weighted by molar-refractivity contribution is 9.10. The van der Waals surface area contributed by atoms with Crippen molar-refractivity contribution in [3.63, 3.8) is 0 Å². The summed E-state index contributed by atoms with van der Waals surface area (Å²) in [7, 11) is 0. The normalized spacial score (nSPS) is 12.0. The van der Waals surface area contributed by atoms with Gasteiger partial charge in [-0.3, -0.25) is 9.59 Å². The van der Waals surface area contributed by atoms with Crippen molar-refractivity contribution in [1.82, 2.24) is 10.7 Å². The van der Waals surface area contributed by atoms with Crippen molar-refractivity contribution < 1.29 is 9.59 Å². The molecule has 1 unspecified atom stereocenters. The second-order valence-corrected chi connectivity index (χ2v) is 6.73. The predicted molar refractivity (Wildman–Crippen MR) is 101 cm³/mol. The summed E-state index contributed by atoms with van der Waals surface area (Å²) in [4.78, 5) is 24.1. The van der Waals surface area contributed by atoms with Crippen molar-refractivity contribution in [2.75, 3.05) is 0 Å². The average molecular weight is 453 g/mol. The average Bonchev–Trinajstić information content (AvgIpc) is 2.55. The minimum Gasteiger partial charge on any atom is -0.340 e. The Kier molecular flexibility index (Phi) is 6.69. The summed E-state index contributed by atoms with van der Waals surface area (Å²) in [6.07, 6.45) is 1.53. The Labute approximate surface area is 156 Å². The van der Waals surface area contributed by atoms with Crippen LogP contribution in [-0.4, -0.2) is 24.1 Å². The maximum absolute atomic E-state index is 12.1. The fourth-order valence-electron chi connectivity index (χ4n) is 1.84. The van der Waals surface area contributed by atoms with Crippen LogP contribution in [0.2, 0.25) is 0 Å². The fraction of sp³-hybridized carbons (Fsp3) is 0.118. The monoisotopic (exact) mass is 451 g/mol. The molecule has 0 saturated carbocycles. The molecule has 124 valence electrons. The molecule has 0 aliphatic heterocycles. The molecule has 0 spiro atoms. The molecule has 0 aliphatic carbocycles. The molecule has 0 radical (unpaired) electrons. The van der Waals surface area contributed by atoms with Crippen LogP contribution in [0.3, 0.4) is 0 Å². The number of hydrogen-bond donors (Lipinski definition) is 2. The van der Waals surface area contributed by atoms with Gasteiger partial charge in [-0.25, -0.2) is 5.43 Å². The summed E-state index contributed by atoms with van der Waals surface area (Å²) in [5, 5.41) is 6.53. The molecule has 0 aliphatic rings. The fourth-order valence-corrected chi connectivity index (χ4v) is 2.72. The van der Waals surface area contributed by atoms with Crippen LogP contribution in [-0.2, 0) is 4.79 Å². The topological polar surface area (TPSA) is 70.6 Å². The van der Waals surface area contributed by atoms with E-state index in [0.29, 0.717) is 10.0 Å². The molecule has 2 amide bonds. The zero-order chi connectivity index (χ0) is 17.5. The van der Waals surface area contributed by atoms with Crippen LogP contribution in [0, 0.1) is 0 Å². The molecule has 2 N–H and O–H groups in total. The van der Waals surface area contributed by atoms with Crippen molar-refractivity contribution in [3.05, 3.63) is 68.6 Å². The van der Waals surface area contributed by atoms with Gasteiger partial charge >= 0.3 is 0 Å². The smallest absolute Gasteiger partial charge is 0.262 e. The van der Waals surface area contributed by atoms with Gasteiger partial charge in [0.1, 0.15) is 6.04 Å². The zero-order valence-electron chi connectivity index (χ0n) is 12.8. The van der Waals surface area contributed by atoms with E-state index in [1.54, 1.807) is 25.1 Å². The van der Waals surface area contributed by atoms with Crippen LogP contribution in [0.5, 0.6) is 0 Å². The van der Waals surface area contributed by atoms with E-state index in [1.807, 2.05) is 30.3 Å². The summed E-state index contributed by atoms with van der Waals surface area (Å²) in [5.41, 5.74) is 3.72. The third kappa shape index (κ3) is 5.28. The van der Waals surface area contributed by atoms with Crippen LogP contribution in [0.15, 0.2) is 62.6 Å². The maximum Gasteiger partial charge on any atom is 0.262 e. The van der Waals surface area contributed by atoms with Gasteiger partial charge in [0.15, 0.2) is 0 Å². The number of benzene rings is 2. The predicted octanol–water partition coefficient (Wildman–Crippen LogP) is 3.48. The Morgan fingerprint density at radius 1 is 1.12 bits per heavy atom. The standard InChI is InChI=1S/C17H15Br2N3O2/c1-11(21-17(24)14-7-2-3-8-15(14)19)16(23)22-20-10-12-5-4-6-13(18)9-12/h2-11H,1H3,(H,21,24)(H,22,23). The number of carbonyl (C=O) groups is 2. The van der Waals surface area contributed by atoms with Crippen molar-refractivity contribution in [1.29, 1.82) is 0 Å². The van der Waals surface area contributed by atoms with Gasteiger partial charge in [-0.1, -0.05) is 40.2 Å². The number of nitrogens with one attached hydrogen (secondary N) is 2. The Hall–Kier alpha value is -1.99. The summed E-state index contributed by atoms with van der Waals surface area (Å²) in [6, 6.07) is 13.8. The number of halogens is 2. The number of carbonyl (C=O) groups excluding carboxylic acids is 2. The molecule has 2 rings (SSSR count). The van der Waals surface area contributed by atoms with Crippen LogP contribution >= 0.6 is 31.9 Å². The van der Waals surface area contributed by atoms with E-state index in [9.17, 15) is 9.59 Å². The molecular weight excluding hydrogens is 438 g/mol. The number of hydrazone groups is 1. The third-order valence-corrected chi connectivity index (χ3v) is 4.28. The number of hydrogen-bond acceptors (Lipinski definition) is 3. The van der Waals surface area contributed by atoms with Crippen LogP contribution in [0.1, 0.15) is 22.8 Å². The summed E-state index contributed by atoms with van der Waals surface area (Å²) >= 11 is 6.67. The molecule has 0 saturated heterocycles. The van der Waals surface area contributed by atoms with Crippen molar-refractivity contribution in [2.45, 2.75) is 13.0 Å². The van der Waals surface area contributed by atoms with Crippen molar-refractivity contribution >= 4 is 49.9 Å². The maximum atomic E-state index is 12.1. The first kappa shape index (κ1) is 18.4. The van der Waals surface area contributed by atoms with Gasteiger partial charge in [-0.2, -0.15) is 5.10 Å². The first-order valence-corrected chi connectivity index (χ1v) is 8.70. The third-order valence-electron chi connectivity index (χ3n) is 3.10. The van der Waals surface area contributed by atoms with E-state index < -0.39 is 11.9 Å². The lowest BCUT2D eigenvalue weighted by Crippen LogP contribution is -2.43. The Bertz CT molecular complexity index is 778. The molecule has 24 heavy (non-hydrogen) atoms. The number of amides is 2. The van der Waals surface area contributed by atoms with E-state index in [4.69, 9.17) is 0 Å². The van der Waals surface area contributed by atoms with Crippen LogP contribution in [0.4, 0.5) is 0 Å². The summed E-state index contributed by atoms with van der Waals surface area (Å²) in [5.74, 6) is -0.734. The molecule has 2 aromatic rings. The Morgan fingerprint density at radius 2 is 1.88 bits per heavy atom. The molecule has 0 heterocycles. The van der Waals surface area contributed by atoms with E-state index in [0.717, 1.165) is 10.0 Å². The van der Waals surface area contributed by atoms with Crippen molar-refractivity contribution in [2.24, 2.45) is 5.10 Å². The van der Waals surface area contributed by atoms with Gasteiger partial charge < -0.3 is 5.32 Å². The molecule has 1 atom stereocenters. The Morgan fingerprint density at radius 3 is 2.58 bits per heavy atom. The highest BCUT2D eigenvalue weighted by atomic mass is 79.9. The van der Waals surface area contributed by atoms with Gasteiger partial charge in [0.25, 0.3) is 11.8 Å². The highest BCUT2D eigenvalue weighted by Gasteiger charge is 2.17. The molecular formula is C17H15Br2N3O2. The number of nitrogens with zero attached hydrogens (tertiary/aromatic N) is 1. The molecule has 7 heteroatoms. The molecule has 5 nitrogen and oxygen atoms in total. The largest absolute Gasteiger partial charge is 0.340 e. The molecule has 0 aromatic heterocycles. The lowest BCUT2D eigenvalue weighted by Gasteiger charge is -2.12. The van der Waals surface area contributed by atoms with Gasteiger partial charge in [0, 0.05) is 8.95 Å². The number of rotatable bonds is 5. The molecule has 2 aromatic carbocycles. The summed E-state index contributed by atoms with van der Waals surface area (Å²) < 4.78 is 1.59. The first-order valence-electron chi connectivity index (χ1n) is 7.11. The van der Waals surface area contributed by atoms with E-state index >= 15 is 0 Å². The first-order chi connectivity index (χ1) is 11.5. The zero-order valence-corrected chi connectivity index (χ0v) is 16.0. The quantitative estimate of drug-likeness (QED) is 0.538. The van der Waals surface area contributed by atoms with Gasteiger partial charge in [-0.15, -0.1) is 0 Å². The van der Waals surface area contributed by atoms with E-state index in [2.05, 4.69) is 47.7 Å². The van der Waals surface area contributed by atoms with Crippen LogP contribution < -0.4 is 10.7 Å². The lowest BCUT2D eigenvalue weighted by molar-refractivity contribution is -0.122. The molecule has 0 fully saturated rings. The molecule has 0 bridgehead atoms. The minimum absolute atomic E-state index is 0.332. The van der Waals surface area contributed by atoms with Gasteiger partial charge in [0.05, 0.1) is 11.8 Å². The minimum atomic E-state index is -0.718. The van der Waals surface area contributed by atoms with Gasteiger partial charge in [-0.05, 0) is 52.7 Å². The second-order valence-electron chi connectivity index (χ2n) is 4.96. The highest BCUT2D eigenvalue weighted by Crippen LogP contribution is 2.15. The second kappa shape index (κ2) is 8.75. The lowest BCUT2D eigenvalue weighted by atomic mass is 10.2. The summed E-state index contributed by atoms with van der Waals surface area (Å²) in [6.45, 7) is 1.60. The van der Waals surface area contributed by atoms with Crippen molar-refractivity contribution in [3.8, 4) is 0 Å². The van der Waals surface area contributed by atoms with Crippen LogP contribution in [0.25, 0.3) is 0 Å². The van der Waals surface area contributed by atoms with E-state index in [-0.39, 0.29) is 5.91 Å². The Balaban J connectivity index is 1.90. The van der Waals surface area contributed by atoms with E-state index in [1.165, 1.54) is 6.21 Å². The van der Waals surface area contributed by atoms with Gasteiger partial charge in [0.2, 0.25) is 0 Å².